The molecule has 3 aromatic rings. The minimum absolute atomic E-state index is 0.189. The molecule has 0 saturated carbocycles. The summed E-state index contributed by atoms with van der Waals surface area (Å²) in [6.45, 7) is 0.605. The van der Waals surface area contributed by atoms with E-state index < -0.39 is 28.5 Å². The number of sulfonamides is 1. The molecule has 4 rings (SSSR count). The third kappa shape index (κ3) is 5.70. The number of nitrogens with zero attached hydrogens (tertiary/aromatic N) is 1. The number of anilines is 1. The van der Waals surface area contributed by atoms with Crippen molar-refractivity contribution in [3.05, 3.63) is 95.6 Å². The molecule has 7 nitrogen and oxygen atoms in total. The van der Waals surface area contributed by atoms with E-state index in [1.807, 2.05) is 42.5 Å². The van der Waals surface area contributed by atoms with Gasteiger partial charge in [0.05, 0.1) is 10.5 Å². The van der Waals surface area contributed by atoms with Gasteiger partial charge in [-0.05, 0) is 60.7 Å². The highest BCUT2D eigenvalue weighted by Gasteiger charge is 2.27. The van der Waals surface area contributed by atoms with Crippen LogP contribution >= 0.6 is 0 Å². The average molecular weight is 479 g/mol. The van der Waals surface area contributed by atoms with E-state index in [-0.39, 0.29) is 4.90 Å². The van der Waals surface area contributed by atoms with Gasteiger partial charge in [-0.2, -0.15) is 4.31 Å². The molecule has 176 valence electrons. The fourth-order valence-electron chi connectivity index (χ4n) is 3.88. The SMILES string of the molecule is O=C(COC(=O)c1ccccc1Cc1ccccc1)Nc1ccc(S(=O)(=O)N2CCCC2)cc1. The first kappa shape index (κ1) is 23.7. The Morgan fingerprint density at radius 3 is 2.21 bits per heavy atom. The molecule has 3 aromatic carbocycles. The Kier molecular flexibility index (Phi) is 7.40. The van der Waals surface area contributed by atoms with Crippen molar-refractivity contribution in [1.82, 2.24) is 4.31 Å². The highest BCUT2D eigenvalue weighted by Crippen LogP contribution is 2.22. The molecule has 0 aromatic heterocycles. The quantitative estimate of drug-likeness (QED) is 0.497. The first-order valence-electron chi connectivity index (χ1n) is 11.1. The smallest absolute Gasteiger partial charge is 0.338 e. The van der Waals surface area contributed by atoms with E-state index in [0.717, 1.165) is 24.0 Å². The summed E-state index contributed by atoms with van der Waals surface area (Å²) in [5.74, 6) is -1.09. The number of benzene rings is 3. The molecule has 8 heteroatoms. The summed E-state index contributed by atoms with van der Waals surface area (Å²) < 4.78 is 31.9. The Hall–Kier alpha value is -3.49. The summed E-state index contributed by atoms with van der Waals surface area (Å²) in [6, 6.07) is 22.9. The Morgan fingerprint density at radius 2 is 1.50 bits per heavy atom. The van der Waals surface area contributed by atoms with E-state index in [0.29, 0.717) is 30.8 Å². The van der Waals surface area contributed by atoms with E-state index >= 15 is 0 Å². The fourth-order valence-corrected chi connectivity index (χ4v) is 5.40. The van der Waals surface area contributed by atoms with Crippen molar-refractivity contribution in [2.24, 2.45) is 0 Å². The molecular weight excluding hydrogens is 452 g/mol. The third-order valence-corrected chi connectivity index (χ3v) is 7.56. The molecule has 1 saturated heterocycles. The number of carbonyl (C=O) groups is 2. The molecule has 0 atom stereocenters. The molecule has 1 fully saturated rings. The van der Waals surface area contributed by atoms with E-state index in [2.05, 4.69) is 5.32 Å². The molecule has 1 heterocycles. The van der Waals surface area contributed by atoms with Crippen molar-refractivity contribution in [1.29, 1.82) is 0 Å². The van der Waals surface area contributed by atoms with Gasteiger partial charge in [0.2, 0.25) is 10.0 Å². The number of carbonyl (C=O) groups excluding carboxylic acids is 2. The fraction of sp³-hybridized carbons (Fsp3) is 0.231. The summed E-state index contributed by atoms with van der Waals surface area (Å²) in [5, 5.41) is 2.63. The van der Waals surface area contributed by atoms with Crippen LogP contribution in [0.2, 0.25) is 0 Å². The third-order valence-electron chi connectivity index (χ3n) is 5.65. The highest BCUT2D eigenvalue weighted by atomic mass is 32.2. The average Bonchev–Trinajstić information content (AvgIpc) is 3.40. The molecule has 1 amide bonds. The van der Waals surface area contributed by atoms with Gasteiger partial charge in [0, 0.05) is 18.8 Å². The number of hydrogen-bond acceptors (Lipinski definition) is 5. The van der Waals surface area contributed by atoms with Gasteiger partial charge in [0.15, 0.2) is 6.61 Å². The van der Waals surface area contributed by atoms with Crippen LogP contribution in [0.4, 0.5) is 5.69 Å². The van der Waals surface area contributed by atoms with E-state index in [1.165, 1.54) is 28.6 Å². The maximum Gasteiger partial charge on any atom is 0.338 e. The lowest BCUT2D eigenvalue weighted by atomic mass is 10.00. The Morgan fingerprint density at radius 1 is 0.853 bits per heavy atom. The van der Waals surface area contributed by atoms with Crippen LogP contribution in [-0.2, 0) is 26.0 Å². The molecule has 0 aliphatic carbocycles. The lowest BCUT2D eigenvalue weighted by molar-refractivity contribution is -0.119. The van der Waals surface area contributed by atoms with E-state index in [4.69, 9.17) is 4.74 Å². The summed E-state index contributed by atoms with van der Waals surface area (Å²) in [4.78, 5) is 25.1. The van der Waals surface area contributed by atoms with Crippen LogP contribution in [0.3, 0.4) is 0 Å². The zero-order chi connectivity index (χ0) is 24.0. The number of amides is 1. The van der Waals surface area contributed by atoms with Crippen molar-refractivity contribution in [3.63, 3.8) is 0 Å². The summed E-state index contributed by atoms with van der Waals surface area (Å²) in [5.41, 5.74) is 2.71. The maximum absolute atomic E-state index is 12.6. The Bertz CT molecular complexity index is 1250. The van der Waals surface area contributed by atoms with Crippen LogP contribution in [0.15, 0.2) is 83.8 Å². The summed E-state index contributed by atoms with van der Waals surface area (Å²) >= 11 is 0. The van der Waals surface area contributed by atoms with Gasteiger partial charge >= 0.3 is 5.97 Å². The van der Waals surface area contributed by atoms with Crippen LogP contribution in [0.25, 0.3) is 0 Å². The van der Waals surface area contributed by atoms with Gasteiger partial charge in [0.25, 0.3) is 5.91 Å². The molecule has 0 spiro atoms. The standard InChI is InChI=1S/C26H26N2O5S/c29-25(27-22-12-14-23(15-13-22)34(31,32)28-16-6-7-17-28)19-33-26(30)24-11-5-4-10-21(24)18-20-8-2-1-3-9-20/h1-5,8-15H,6-7,16-19H2,(H,27,29). The minimum atomic E-state index is -3.51. The number of rotatable bonds is 8. The molecule has 1 aliphatic heterocycles. The summed E-state index contributed by atoms with van der Waals surface area (Å²) in [6.07, 6.45) is 2.30. The van der Waals surface area contributed by atoms with Crippen LogP contribution < -0.4 is 5.32 Å². The molecule has 0 unspecified atom stereocenters. The van der Waals surface area contributed by atoms with Gasteiger partial charge in [0.1, 0.15) is 0 Å². The van der Waals surface area contributed by atoms with Crippen molar-refractivity contribution >= 4 is 27.6 Å². The van der Waals surface area contributed by atoms with Crippen LogP contribution in [0, 0.1) is 0 Å². The number of nitrogens with one attached hydrogen (secondary N) is 1. The molecular formula is C26H26N2O5S. The molecule has 1 aliphatic rings. The Balaban J connectivity index is 1.33. The van der Waals surface area contributed by atoms with Gasteiger partial charge in [-0.3, -0.25) is 4.79 Å². The van der Waals surface area contributed by atoms with Crippen molar-refractivity contribution in [3.8, 4) is 0 Å². The van der Waals surface area contributed by atoms with Crippen molar-refractivity contribution in [2.75, 3.05) is 25.0 Å². The van der Waals surface area contributed by atoms with Crippen molar-refractivity contribution < 1.29 is 22.7 Å². The predicted octanol–water partition coefficient (Wildman–Crippen LogP) is 3.86. The first-order chi connectivity index (χ1) is 16.4. The van der Waals surface area contributed by atoms with Crippen LogP contribution in [0.1, 0.15) is 34.3 Å². The zero-order valence-corrected chi connectivity index (χ0v) is 19.5. The second-order valence-corrected chi connectivity index (χ2v) is 10.0. The normalized spacial score (nSPS) is 14.0. The topological polar surface area (TPSA) is 92.8 Å². The number of esters is 1. The lowest BCUT2D eigenvalue weighted by Gasteiger charge is -2.15. The number of ether oxygens (including phenoxy) is 1. The molecule has 34 heavy (non-hydrogen) atoms. The molecule has 0 radical (unpaired) electrons. The maximum atomic E-state index is 12.6. The second-order valence-electron chi connectivity index (χ2n) is 8.08. The van der Waals surface area contributed by atoms with Crippen molar-refractivity contribution in [2.45, 2.75) is 24.2 Å². The number of hydrogen-bond donors (Lipinski definition) is 1. The predicted molar refractivity (Wildman–Crippen MR) is 129 cm³/mol. The monoisotopic (exact) mass is 478 g/mol. The second kappa shape index (κ2) is 10.6. The summed E-state index contributed by atoms with van der Waals surface area (Å²) in [7, 11) is -3.51. The molecule has 1 N–H and O–H groups in total. The van der Waals surface area contributed by atoms with E-state index in [1.54, 1.807) is 12.1 Å². The van der Waals surface area contributed by atoms with Gasteiger partial charge < -0.3 is 10.1 Å². The van der Waals surface area contributed by atoms with Crippen LogP contribution in [0.5, 0.6) is 0 Å². The highest BCUT2D eigenvalue weighted by molar-refractivity contribution is 7.89. The Labute approximate surface area is 199 Å². The van der Waals surface area contributed by atoms with Crippen LogP contribution in [-0.4, -0.2) is 44.3 Å². The van der Waals surface area contributed by atoms with E-state index in [9.17, 15) is 18.0 Å². The van der Waals surface area contributed by atoms with Gasteiger partial charge in [-0.25, -0.2) is 13.2 Å². The largest absolute Gasteiger partial charge is 0.452 e. The molecule has 0 bridgehead atoms. The first-order valence-corrected chi connectivity index (χ1v) is 12.6. The zero-order valence-electron chi connectivity index (χ0n) is 18.6. The lowest BCUT2D eigenvalue weighted by Crippen LogP contribution is -2.27. The van der Waals surface area contributed by atoms with Gasteiger partial charge in [-0.15, -0.1) is 0 Å². The van der Waals surface area contributed by atoms with Gasteiger partial charge in [-0.1, -0.05) is 48.5 Å². The minimum Gasteiger partial charge on any atom is -0.452 e.